The molecule has 0 spiro atoms. The van der Waals surface area contributed by atoms with Gasteiger partial charge >= 0.3 is 0 Å². The van der Waals surface area contributed by atoms with E-state index in [1.807, 2.05) is 24.3 Å². The van der Waals surface area contributed by atoms with Crippen molar-refractivity contribution in [3.63, 3.8) is 0 Å². The van der Waals surface area contributed by atoms with Crippen LogP contribution in [-0.2, 0) is 14.8 Å². The summed E-state index contributed by atoms with van der Waals surface area (Å²) >= 11 is 0. The molecule has 1 aliphatic carbocycles. The molecular formula is C24H30FN3O3S. The average molecular weight is 460 g/mol. The van der Waals surface area contributed by atoms with E-state index in [2.05, 4.69) is 20.7 Å². The third-order valence-corrected chi connectivity index (χ3v) is 6.91. The lowest BCUT2D eigenvalue weighted by atomic mass is 9.91. The quantitative estimate of drug-likeness (QED) is 0.685. The molecule has 32 heavy (non-hydrogen) atoms. The van der Waals surface area contributed by atoms with E-state index in [0.717, 1.165) is 42.8 Å². The number of ether oxygens (including phenoxy) is 1. The van der Waals surface area contributed by atoms with Crippen molar-refractivity contribution in [3.8, 4) is 0 Å². The van der Waals surface area contributed by atoms with Gasteiger partial charge in [-0.05, 0) is 61.1 Å². The summed E-state index contributed by atoms with van der Waals surface area (Å²) in [6.45, 7) is 1.90. The maximum atomic E-state index is 13.5. The minimum atomic E-state index is -3.30. The van der Waals surface area contributed by atoms with Gasteiger partial charge in [0.15, 0.2) is 0 Å². The van der Waals surface area contributed by atoms with Gasteiger partial charge < -0.3 is 9.64 Å². The number of nitrogens with zero attached hydrogens (tertiary/aromatic N) is 2. The van der Waals surface area contributed by atoms with Crippen LogP contribution in [0.15, 0.2) is 54.7 Å². The van der Waals surface area contributed by atoms with Crippen LogP contribution in [0, 0.1) is 11.7 Å². The molecule has 1 fully saturated rings. The van der Waals surface area contributed by atoms with Crippen molar-refractivity contribution in [3.05, 3.63) is 66.1 Å². The highest BCUT2D eigenvalue weighted by atomic mass is 32.2. The third-order valence-electron chi connectivity index (χ3n) is 6.18. The van der Waals surface area contributed by atoms with Crippen LogP contribution in [0.25, 0.3) is 5.57 Å². The summed E-state index contributed by atoms with van der Waals surface area (Å²) in [6.07, 6.45) is 8.36. The highest BCUT2D eigenvalue weighted by Crippen LogP contribution is 2.30. The monoisotopic (exact) mass is 459 g/mol. The molecule has 1 aromatic heterocycles. The Balaban J connectivity index is 1.38. The van der Waals surface area contributed by atoms with Gasteiger partial charge in [0.25, 0.3) is 0 Å². The van der Waals surface area contributed by atoms with E-state index in [9.17, 15) is 12.8 Å². The number of sulfonamides is 1. The lowest BCUT2D eigenvalue weighted by molar-refractivity contribution is 0.0164. The maximum Gasteiger partial charge on any atom is 0.208 e. The van der Waals surface area contributed by atoms with E-state index in [-0.39, 0.29) is 23.9 Å². The first-order valence-electron chi connectivity index (χ1n) is 11.1. The Morgan fingerprint density at radius 3 is 2.78 bits per heavy atom. The van der Waals surface area contributed by atoms with Gasteiger partial charge in [0.1, 0.15) is 11.6 Å². The molecule has 172 valence electrons. The summed E-state index contributed by atoms with van der Waals surface area (Å²) in [5.74, 6) is 0.700. The zero-order valence-corrected chi connectivity index (χ0v) is 19.1. The number of benzene rings is 1. The molecule has 1 saturated heterocycles. The standard InChI is InChI=1S/C24H30FN3O3S/c1-32(29,30)27-23-12-14-28(24-7-2-3-13-26-24)16-20(23)17-31-22-10-8-18(9-11-22)19-5-4-6-21(25)15-19/h2-8,13,15,20,22-23,27H,9-12,14,16-17H2,1H3/t20-,22?,23?/m0/s1. The summed E-state index contributed by atoms with van der Waals surface area (Å²) in [6, 6.07) is 12.4. The van der Waals surface area contributed by atoms with Crippen molar-refractivity contribution >= 4 is 21.4 Å². The van der Waals surface area contributed by atoms with Crippen molar-refractivity contribution in [2.75, 3.05) is 30.9 Å². The van der Waals surface area contributed by atoms with Gasteiger partial charge in [0.2, 0.25) is 10.0 Å². The van der Waals surface area contributed by atoms with Gasteiger partial charge in [-0.2, -0.15) is 0 Å². The zero-order chi connectivity index (χ0) is 22.6. The number of pyridine rings is 1. The Bertz CT molecular complexity index is 1050. The second-order valence-corrected chi connectivity index (χ2v) is 10.4. The average Bonchev–Trinajstić information content (AvgIpc) is 2.78. The van der Waals surface area contributed by atoms with Gasteiger partial charge in [0, 0.05) is 31.2 Å². The SMILES string of the molecule is CS(=O)(=O)NC1CCN(c2ccccn2)C[C@H]1COC1CC=C(c2cccc(F)c2)CC1. The molecule has 0 radical (unpaired) electrons. The van der Waals surface area contributed by atoms with Crippen LogP contribution in [0.1, 0.15) is 31.2 Å². The second-order valence-electron chi connectivity index (χ2n) is 8.65. The molecular weight excluding hydrogens is 429 g/mol. The number of rotatable bonds is 7. The number of allylic oxidation sites excluding steroid dienone is 1. The fourth-order valence-electron chi connectivity index (χ4n) is 4.55. The van der Waals surface area contributed by atoms with Gasteiger partial charge in [-0.25, -0.2) is 22.5 Å². The Hall–Kier alpha value is -2.29. The number of aromatic nitrogens is 1. The number of anilines is 1. The van der Waals surface area contributed by atoms with Crippen LogP contribution in [0.3, 0.4) is 0 Å². The summed E-state index contributed by atoms with van der Waals surface area (Å²) in [7, 11) is -3.30. The van der Waals surface area contributed by atoms with Crippen molar-refractivity contribution < 1.29 is 17.5 Å². The van der Waals surface area contributed by atoms with Crippen molar-refractivity contribution in [2.24, 2.45) is 5.92 Å². The van der Waals surface area contributed by atoms with Gasteiger partial charge in [-0.1, -0.05) is 24.3 Å². The normalized spacial score (nSPS) is 24.2. The highest BCUT2D eigenvalue weighted by Gasteiger charge is 2.32. The van der Waals surface area contributed by atoms with E-state index in [1.54, 1.807) is 18.3 Å². The van der Waals surface area contributed by atoms with Crippen LogP contribution < -0.4 is 9.62 Å². The molecule has 8 heteroatoms. The largest absolute Gasteiger partial charge is 0.377 e. The fraction of sp³-hybridized carbons (Fsp3) is 0.458. The van der Waals surface area contributed by atoms with E-state index >= 15 is 0 Å². The molecule has 0 saturated carbocycles. The fourth-order valence-corrected chi connectivity index (χ4v) is 5.41. The number of piperidine rings is 1. The van der Waals surface area contributed by atoms with Crippen molar-refractivity contribution in [1.82, 2.24) is 9.71 Å². The Morgan fingerprint density at radius 2 is 2.09 bits per heavy atom. The van der Waals surface area contributed by atoms with Crippen LogP contribution in [0.4, 0.5) is 10.2 Å². The molecule has 3 atom stereocenters. The van der Waals surface area contributed by atoms with Crippen LogP contribution in [0.2, 0.25) is 0 Å². The first kappa shape index (κ1) is 22.9. The minimum absolute atomic E-state index is 0.0223. The van der Waals surface area contributed by atoms with Gasteiger partial charge in [-0.3, -0.25) is 0 Å². The third kappa shape index (κ3) is 6.15. The molecule has 1 N–H and O–H groups in total. The van der Waals surface area contributed by atoms with E-state index in [1.165, 1.54) is 12.3 Å². The highest BCUT2D eigenvalue weighted by molar-refractivity contribution is 7.88. The van der Waals surface area contributed by atoms with Crippen LogP contribution in [0.5, 0.6) is 0 Å². The maximum absolute atomic E-state index is 13.5. The first-order chi connectivity index (χ1) is 15.4. The predicted molar refractivity (Wildman–Crippen MR) is 124 cm³/mol. The molecule has 0 bridgehead atoms. The molecule has 6 nitrogen and oxygen atoms in total. The lowest BCUT2D eigenvalue weighted by Crippen LogP contribution is -2.52. The smallest absolute Gasteiger partial charge is 0.208 e. The topological polar surface area (TPSA) is 71.5 Å². The molecule has 2 aliphatic rings. The van der Waals surface area contributed by atoms with Crippen molar-refractivity contribution in [1.29, 1.82) is 0 Å². The molecule has 1 aliphatic heterocycles. The molecule has 1 aromatic carbocycles. The Kier molecular flexibility index (Phi) is 7.23. The Labute approximate surface area is 189 Å². The molecule has 0 amide bonds. The zero-order valence-electron chi connectivity index (χ0n) is 18.3. The first-order valence-corrected chi connectivity index (χ1v) is 13.0. The van der Waals surface area contributed by atoms with Crippen LogP contribution >= 0.6 is 0 Å². The van der Waals surface area contributed by atoms with Gasteiger partial charge in [0.05, 0.1) is 19.0 Å². The number of hydrogen-bond acceptors (Lipinski definition) is 5. The summed E-state index contributed by atoms with van der Waals surface area (Å²) in [5, 5.41) is 0. The predicted octanol–water partition coefficient (Wildman–Crippen LogP) is 3.62. The molecule has 2 aromatic rings. The lowest BCUT2D eigenvalue weighted by Gasteiger charge is -2.39. The van der Waals surface area contributed by atoms with Gasteiger partial charge in [-0.15, -0.1) is 0 Å². The Morgan fingerprint density at radius 1 is 1.22 bits per heavy atom. The summed E-state index contributed by atoms with van der Waals surface area (Å²) in [5.41, 5.74) is 2.08. The minimum Gasteiger partial charge on any atom is -0.377 e. The number of halogens is 1. The van der Waals surface area contributed by atoms with E-state index in [4.69, 9.17) is 4.74 Å². The van der Waals surface area contributed by atoms with Crippen molar-refractivity contribution in [2.45, 2.75) is 37.8 Å². The summed E-state index contributed by atoms with van der Waals surface area (Å²) < 4.78 is 46.4. The van der Waals surface area contributed by atoms with E-state index in [0.29, 0.717) is 19.6 Å². The van der Waals surface area contributed by atoms with Crippen LogP contribution in [-0.4, -0.2) is 51.5 Å². The number of hydrogen-bond donors (Lipinski definition) is 1. The second kappa shape index (κ2) is 10.1. The van der Waals surface area contributed by atoms with E-state index < -0.39 is 10.0 Å². The number of nitrogens with one attached hydrogen (secondary N) is 1. The molecule has 4 rings (SSSR count). The summed E-state index contributed by atoms with van der Waals surface area (Å²) in [4.78, 5) is 6.63. The molecule has 2 heterocycles. The molecule has 2 unspecified atom stereocenters.